The molecule has 2 atom stereocenters. The third kappa shape index (κ3) is 1.78. The van der Waals surface area contributed by atoms with Gasteiger partial charge in [-0.25, -0.2) is 4.39 Å². The molecule has 0 radical (unpaired) electrons. The number of fused-ring (bicyclic) bond motifs is 2. The van der Waals surface area contributed by atoms with Crippen LogP contribution in [0.2, 0.25) is 0 Å². The summed E-state index contributed by atoms with van der Waals surface area (Å²) in [5.74, 6) is 0.140. The molecule has 1 nitrogen and oxygen atoms in total. The molecule has 2 heterocycles. The third-order valence-corrected chi connectivity index (χ3v) is 3.08. The fraction of sp³-hybridized carbons (Fsp3) is 0.818. The maximum atomic E-state index is 13.4. The van der Waals surface area contributed by atoms with Gasteiger partial charge in [0.2, 0.25) is 0 Å². The molecular weight excluding hydrogens is 165 g/mol. The summed E-state index contributed by atoms with van der Waals surface area (Å²) in [6, 6.07) is 0.744. The van der Waals surface area contributed by atoms with E-state index in [-0.39, 0.29) is 11.9 Å². The fourth-order valence-corrected chi connectivity index (χ4v) is 2.30. The molecule has 76 valence electrons. The lowest BCUT2D eigenvalue weighted by atomic mass is 10.0. The summed E-state index contributed by atoms with van der Waals surface area (Å²) in [5.41, 5.74) is 0.982. The Morgan fingerprint density at radius 3 is 2.54 bits per heavy atom. The largest absolute Gasteiger partial charge is 0.294 e. The Labute approximate surface area is 80.6 Å². The van der Waals surface area contributed by atoms with Gasteiger partial charge in [-0.2, -0.15) is 0 Å². The standard InChI is InChI=1S/C9H14FN.C2H6/c1-6-5-7-3-4-8(9(6)10)11(7)2;1-2/h7-8H,3-5H2,1-2H3;1-2H3. The van der Waals surface area contributed by atoms with Crippen molar-refractivity contribution in [1.29, 1.82) is 0 Å². The van der Waals surface area contributed by atoms with E-state index in [0.29, 0.717) is 6.04 Å². The first kappa shape index (κ1) is 10.7. The zero-order valence-electron chi connectivity index (χ0n) is 9.10. The molecule has 0 saturated carbocycles. The Morgan fingerprint density at radius 1 is 1.31 bits per heavy atom. The highest BCUT2D eigenvalue weighted by molar-refractivity contribution is 5.20. The summed E-state index contributed by atoms with van der Waals surface area (Å²) in [4.78, 5) is 2.18. The van der Waals surface area contributed by atoms with Gasteiger partial charge in [0, 0.05) is 6.04 Å². The van der Waals surface area contributed by atoms with Crippen molar-refractivity contribution in [3.05, 3.63) is 11.4 Å². The maximum absolute atomic E-state index is 13.4. The van der Waals surface area contributed by atoms with Gasteiger partial charge in [-0.3, -0.25) is 4.90 Å². The van der Waals surface area contributed by atoms with E-state index in [9.17, 15) is 4.39 Å². The molecule has 2 aliphatic rings. The molecule has 0 N–H and O–H groups in total. The van der Waals surface area contributed by atoms with Crippen LogP contribution >= 0.6 is 0 Å². The Hall–Kier alpha value is -0.370. The highest BCUT2D eigenvalue weighted by Crippen LogP contribution is 2.38. The van der Waals surface area contributed by atoms with E-state index in [2.05, 4.69) is 4.90 Å². The number of rotatable bonds is 0. The van der Waals surface area contributed by atoms with E-state index in [1.807, 2.05) is 27.8 Å². The van der Waals surface area contributed by atoms with Crippen molar-refractivity contribution in [2.24, 2.45) is 0 Å². The normalized spacial score (nSPS) is 33.0. The smallest absolute Gasteiger partial charge is 0.116 e. The monoisotopic (exact) mass is 185 g/mol. The second-order valence-electron chi connectivity index (χ2n) is 3.74. The van der Waals surface area contributed by atoms with Crippen molar-refractivity contribution in [1.82, 2.24) is 4.90 Å². The SMILES string of the molecule is CC.CC1=C(F)C2CCC(C1)N2C. The first-order valence-electron chi connectivity index (χ1n) is 5.27. The molecule has 0 aromatic rings. The molecule has 0 aliphatic carbocycles. The van der Waals surface area contributed by atoms with E-state index in [1.54, 1.807) is 0 Å². The average molecular weight is 185 g/mol. The molecule has 0 amide bonds. The Balaban J connectivity index is 0.000000396. The van der Waals surface area contributed by atoms with Gasteiger partial charge in [0.05, 0.1) is 6.04 Å². The van der Waals surface area contributed by atoms with Crippen molar-refractivity contribution < 1.29 is 4.39 Å². The van der Waals surface area contributed by atoms with Crippen molar-refractivity contribution in [2.45, 2.75) is 52.1 Å². The first-order valence-corrected chi connectivity index (χ1v) is 5.27. The second kappa shape index (κ2) is 4.23. The molecule has 0 aromatic heterocycles. The van der Waals surface area contributed by atoms with E-state index < -0.39 is 0 Å². The summed E-state index contributed by atoms with van der Waals surface area (Å²) >= 11 is 0. The summed E-state index contributed by atoms with van der Waals surface area (Å²) in [5, 5.41) is 0. The fourth-order valence-electron chi connectivity index (χ4n) is 2.30. The molecular formula is C11H20FN. The van der Waals surface area contributed by atoms with Gasteiger partial charge in [0.15, 0.2) is 0 Å². The topological polar surface area (TPSA) is 3.24 Å². The predicted octanol–water partition coefficient (Wildman–Crippen LogP) is 3.12. The molecule has 2 unspecified atom stereocenters. The molecule has 1 fully saturated rings. The summed E-state index contributed by atoms with van der Waals surface area (Å²) in [6.45, 7) is 5.92. The molecule has 0 aromatic carbocycles. The lowest BCUT2D eigenvalue weighted by molar-refractivity contribution is 0.218. The van der Waals surface area contributed by atoms with Crippen LogP contribution in [0, 0.1) is 0 Å². The minimum absolute atomic E-state index is 0.119. The molecule has 2 rings (SSSR count). The summed E-state index contributed by atoms with van der Waals surface area (Å²) < 4.78 is 13.4. The zero-order chi connectivity index (χ0) is 10.0. The molecule has 2 bridgehead atoms. The molecule has 13 heavy (non-hydrogen) atoms. The highest BCUT2D eigenvalue weighted by Gasteiger charge is 2.38. The van der Waals surface area contributed by atoms with Crippen LogP contribution in [0.4, 0.5) is 4.39 Å². The van der Waals surface area contributed by atoms with Gasteiger partial charge in [-0.15, -0.1) is 0 Å². The van der Waals surface area contributed by atoms with Gasteiger partial charge in [-0.05, 0) is 38.8 Å². The van der Waals surface area contributed by atoms with Crippen LogP contribution in [0.5, 0.6) is 0 Å². The highest BCUT2D eigenvalue weighted by atomic mass is 19.1. The zero-order valence-corrected chi connectivity index (χ0v) is 9.10. The van der Waals surface area contributed by atoms with Crippen LogP contribution in [0.25, 0.3) is 0 Å². The van der Waals surface area contributed by atoms with Crippen LogP contribution in [-0.4, -0.2) is 24.0 Å². The Kier molecular flexibility index (Phi) is 3.48. The summed E-state index contributed by atoms with van der Waals surface area (Å²) in [6.07, 6.45) is 3.13. The quantitative estimate of drug-likeness (QED) is 0.560. The predicted molar refractivity (Wildman–Crippen MR) is 54.3 cm³/mol. The minimum Gasteiger partial charge on any atom is -0.294 e. The first-order chi connectivity index (χ1) is 6.20. The van der Waals surface area contributed by atoms with E-state index in [0.717, 1.165) is 18.4 Å². The number of nitrogens with zero attached hydrogens (tertiary/aromatic N) is 1. The van der Waals surface area contributed by atoms with Crippen molar-refractivity contribution in [3.8, 4) is 0 Å². The van der Waals surface area contributed by atoms with Crippen LogP contribution < -0.4 is 0 Å². The van der Waals surface area contributed by atoms with Gasteiger partial charge in [0.1, 0.15) is 5.83 Å². The molecule has 0 spiro atoms. The van der Waals surface area contributed by atoms with Crippen LogP contribution in [0.1, 0.15) is 40.0 Å². The second-order valence-corrected chi connectivity index (χ2v) is 3.74. The van der Waals surface area contributed by atoms with Gasteiger partial charge < -0.3 is 0 Å². The minimum atomic E-state index is 0.119. The van der Waals surface area contributed by atoms with Crippen molar-refractivity contribution >= 4 is 0 Å². The number of halogens is 1. The molecule has 2 aliphatic heterocycles. The molecule has 1 saturated heterocycles. The summed E-state index contributed by atoms with van der Waals surface area (Å²) in [7, 11) is 2.04. The number of hydrogen-bond donors (Lipinski definition) is 0. The lowest BCUT2D eigenvalue weighted by Gasteiger charge is -2.30. The Bertz CT molecular complexity index is 210. The average Bonchev–Trinajstić information content (AvgIpc) is 2.42. The Morgan fingerprint density at radius 2 is 1.92 bits per heavy atom. The van der Waals surface area contributed by atoms with Gasteiger partial charge in [-0.1, -0.05) is 13.8 Å². The van der Waals surface area contributed by atoms with Gasteiger partial charge in [0.25, 0.3) is 0 Å². The third-order valence-electron chi connectivity index (χ3n) is 3.08. The number of hydrogen-bond acceptors (Lipinski definition) is 1. The molecule has 2 heteroatoms. The van der Waals surface area contributed by atoms with Crippen molar-refractivity contribution in [3.63, 3.8) is 0 Å². The maximum Gasteiger partial charge on any atom is 0.116 e. The van der Waals surface area contributed by atoms with Gasteiger partial charge >= 0.3 is 0 Å². The number of likely N-dealkylation sites (N-methyl/N-ethyl adjacent to an activating group) is 1. The van der Waals surface area contributed by atoms with E-state index in [4.69, 9.17) is 0 Å². The van der Waals surface area contributed by atoms with Crippen LogP contribution in [0.15, 0.2) is 11.4 Å². The lowest BCUT2D eigenvalue weighted by Crippen LogP contribution is -2.36. The van der Waals surface area contributed by atoms with Crippen LogP contribution in [-0.2, 0) is 0 Å². The van der Waals surface area contributed by atoms with Crippen LogP contribution in [0.3, 0.4) is 0 Å². The van der Waals surface area contributed by atoms with E-state index in [1.165, 1.54) is 6.42 Å². The van der Waals surface area contributed by atoms with Crippen molar-refractivity contribution in [2.75, 3.05) is 7.05 Å². The van der Waals surface area contributed by atoms with E-state index >= 15 is 0 Å².